The highest BCUT2D eigenvalue weighted by Crippen LogP contribution is 2.24. The van der Waals surface area contributed by atoms with Crippen LogP contribution in [0.15, 0.2) is 18.2 Å². The molecule has 0 saturated heterocycles. The third kappa shape index (κ3) is 3.87. The van der Waals surface area contributed by atoms with Gasteiger partial charge in [-0.1, -0.05) is 23.2 Å². The first-order valence-corrected chi connectivity index (χ1v) is 4.94. The molecule has 0 atom stereocenters. The van der Waals surface area contributed by atoms with E-state index in [1.165, 1.54) is 0 Å². The molecule has 1 aromatic rings. The third-order valence-corrected chi connectivity index (χ3v) is 1.97. The molecule has 0 aliphatic rings. The molecule has 0 amide bonds. The van der Waals surface area contributed by atoms with Crippen LogP contribution in [-0.2, 0) is 0 Å². The van der Waals surface area contributed by atoms with Crippen molar-refractivity contribution in [3.63, 3.8) is 0 Å². The van der Waals surface area contributed by atoms with Crippen LogP contribution in [0.3, 0.4) is 0 Å². The van der Waals surface area contributed by atoms with Gasteiger partial charge >= 0.3 is 0 Å². The smallest absolute Gasteiger partial charge is 0.122 e. The summed E-state index contributed by atoms with van der Waals surface area (Å²) in [6.45, 7) is 0.504. The highest BCUT2D eigenvalue weighted by Gasteiger charge is 1.98. The van der Waals surface area contributed by atoms with Crippen LogP contribution < -0.4 is 4.74 Å². The van der Waals surface area contributed by atoms with Crippen molar-refractivity contribution in [3.05, 3.63) is 28.2 Å². The van der Waals surface area contributed by atoms with Crippen molar-refractivity contribution in [2.24, 2.45) is 0 Å². The van der Waals surface area contributed by atoms with E-state index in [1.807, 2.05) is 6.07 Å². The molecule has 0 bridgehead atoms. The number of benzene rings is 1. The maximum atomic E-state index is 8.30. The number of unbranched alkanes of at least 4 members (excludes halogenated alkanes) is 1. The van der Waals surface area contributed by atoms with Crippen LogP contribution in [0.25, 0.3) is 0 Å². The molecule has 0 aliphatic heterocycles. The van der Waals surface area contributed by atoms with Gasteiger partial charge in [-0.15, -0.1) is 0 Å². The van der Waals surface area contributed by atoms with Crippen molar-refractivity contribution >= 4 is 23.2 Å². The molecule has 2 nitrogen and oxygen atoms in total. The Labute approximate surface area is 93.0 Å². The van der Waals surface area contributed by atoms with Crippen molar-refractivity contribution in [1.29, 1.82) is 5.26 Å². The van der Waals surface area contributed by atoms with E-state index >= 15 is 0 Å². The first-order chi connectivity index (χ1) is 6.72. The minimum atomic E-state index is 0.494. The Bertz CT molecular complexity index is 326. The van der Waals surface area contributed by atoms with Crippen LogP contribution in [0.4, 0.5) is 0 Å². The highest BCUT2D eigenvalue weighted by atomic mass is 35.5. The molecule has 4 heteroatoms. The zero-order valence-corrected chi connectivity index (χ0v) is 8.98. The summed E-state index contributed by atoms with van der Waals surface area (Å²) in [6, 6.07) is 7.08. The van der Waals surface area contributed by atoms with Gasteiger partial charge in [-0.25, -0.2) is 0 Å². The van der Waals surface area contributed by atoms with Crippen molar-refractivity contribution in [3.8, 4) is 11.8 Å². The Hall–Kier alpha value is -0.910. The van der Waals surface area contributed by atoms with Crippen LogP contribution in [0.1, 0.15) is 12.8 Å². The topological polar surface area (TPSA) is 33.0 Å². The Morgan fingerprint density at radius 2 is 1.86 bits per heavy atom. The lowest BCUT2D eigenvalue weighted by atomic mass is 10.3. The van der Waals surface area contributed by atoms with Crippen molar-refractivity contribution in [2.75, 3.05) is 6.61 Å². The molecule has 0 unspecified atom stereocenters. The van der Waals surface area contributed by atoms with Gasteiger partial charge in [-0.2, -0.15) is 5.26 Å². The maximum absolute atomic E-state index is 8.30. The summed E-state index contributed by atoms with van der Waals surface area (Å²) in [4.78, 5) is 0. The zero-order chi connectivity index (χ0) is 10.4. The number of halogens is 2. The fourth-order valence-electron chi connectivity index (χ4n) is 0.953. The van der Waals surface area contributed by atoms with Crippen molar-refractivity contribution < 1.29 is 4.74 Å². The van der Waals surface area contributed by atoms with Crippen molar-refractivity contribution in [1.82, 2.24) is 0 Å². The second-order valence-electron chi connectivity index (χ2n) is 2.72. The summed E-state index contributed by atoms with van der Waals surface area (Å²) in [6.07, 6.45) is 1.20. The van der Waals surface area contributed by atoms with Crippen LogP contribution >= 0.6 is 23.2 Å². The molecule has 0 fully saturated rings. The fourth-order valence-corrected chi connectivity index (χ4v) is 1.46. The minimum absolute atomic E-state index is 0.494. The number of nitrogens with zero attached hydrogens (tertiary/aromatic N) is 1. The summed E-state index contributed by atoms with van der Waals surface area (Å²) < 4.78 is 5.35. The fraction of sp³-hybridized carbons (Fsp3) is 0.300. The number of ether oxygens (including phenoxy) is 1. The average Bonchev–Trinajstić information content (AvgIpc) is 2.11. The Balaban J connectivity index is 2.47. The average molecular weight is 230 g/mol. The van der Waals surface area contributed by atoms with E-state index < -0.39 is 0 Å². The molecular weight excluding hydrogens is 221 g/mol. The Morgan fingerprint density at radius 1 is 1.21 bits per heavy atom. The second kappa shape index (κ2) is 5.74. The molecular formula is C10H9Cl2NO. The monoisotopic (exact) mass is 229 g/mol. The molecule has 0 radical (unpaired) electrons. The van der Waals surface area contributed by atoms with Gasteiger partial charge in [0.25, 0.3) is 0 Å². The Kier molecular flexibility index (Phi) is 4.58. The molecule has 1 aromatic carbocycles. The predicted molar refractivity (Wildman–Crippen MR) is 56.8 cm³/mol. The molecule has 74 valence electrons. The summed E-state index contributed by atoms with van der Waals surface area (Å²) in [5.74, 6) is 0.639. The number of rotatable bonds is 4. The van der Waals surface area contributed by atoms with Gasteiger partial charge in [-0.3, -0.25) is 0 Å². The van der Waals surface area contributed by atoms with Crippen LogP contribution in [0.2, 0.25) is 10.0 Å². The summed E-state index contributed by atoms with van der Waals surface area (Å²) in [5.41, 5.74) is 0. The molecule has 0 aromatic heterocycles. The quantitative estimate of drug-likeness (QED) is 0.739. The molecule has 14 heavy (non-hydrogen) atoms. The van der Waals surface area contributed by atoms with Gasteiger partial charge in [0.05, 0.1) is 12.7 Å². The largest absolute Gasteiger partial charge is 0.493 e. The standard InChI is InChI=1S/C10H9Cl2NO/c11-8-5-9(12)7-10(6-8)14-4-2-1-3-13/h5-7H,1-2,4H2. The number of hydrogen-bond donors (Lipinski definition) is 0. The van der Waals surface area contributed by atoms with E-state index in [0.717, 1.165) is 0 Å². The lowest BCUT2D eigenvalue weighted by molar-refractivity contribution is 0.313. The predicted octanol–water partition coefficient (Wildman–Crippen LogP) is 3.68. The highest BCUT2D eigenvalue weighted by molar-refractivity contribution is 6.34. The second-order valence-corrected chi connectivity index (χ2v) is 3.59. The van der Waals surface area contributed by atoms with Gasteiger partial charge in [0.2, 0.25) is 0 Å². The molecule has 0 heterocycles. The van der Waals surface area contributed by atoms with E-state index in [2.05, 4.69) is 0 Å². The van der Waals surface area contributed by atoms with E-state index in [9.17, 15) is 0 Å². The molecule has 0 saturated carbocycles. The normalized spacial score (nSPS) is 9.50. The maximum Gasteiger partial charge on any atom is 0.122 e. The summed E-state index contributed by atoms with van der Waals surface area (Å²) in [5, 5.41) is 9.40. The van der Waals surface area contributed by atoms with E-state index in [-0.39, 0.29) is 0 Å². The lowest BCUT2D eigenvalue weighted by Crippen LogP contribution is -1.96. The minimum Gasteiger partial charge on any atom is -0.493 e. The van der Waals surface area contributed by atoms with Gasteiger partial charge in [0.1, 0.15) is 5.75 Å². The lowest BCUT2D eigenvalue weighted by Gasteiger charge is -2.05. The molecule has 0 spiro atoms. The van der Waals surface area contributed by atoms with Gasteiger partial charge < -0.3 is 4.74 Å². The van der Waals surface area contributed by atoms with Gasteiger partial charge in [0.15, 0.2) is 0 Å². The number of nitriles is 1. The summed E-state index contributed by atoms with van der Waals surface area (Å²) in [7, 11) is 0. The van der Waals surface area contributed by atoms with Gasteiger partial charge in [0, 0.05) is 16.5 Å². The molecule has 1 rings (SSSR count). The van der Waals surface area contributed by atoms with E-state index in [4.69, 9.17) is 33.2 Å². The van der Waals surface area contributed by atoms with E-state index in [0.29, 0.717) is 35.2 Å². The van der Waals surface area contributed by atoms with E-state index in [1.54, 1.807) is 18.2 Å². The first-order valence-electron chi connectivity index (χ1n) is 4.18. The number of hydrogen-bond acceptors (Lipinski definition) is 2. The Morgan fingerprint density at radius 3 is 2.43 bits per heavy atom. The van der Waals surface area contributed by atoms with Gasteiger partial charge in [-0.05, 0) is 24.6 Å². The SMILES string of the molecule is N#CCCCOc1cc(Cl)cc(Cl)c1. The van der Waals surface area contributed by atoms with Crippen LogP contribution in [-0.4, -0.2) is 6.61 Å². The van der Waals surface area contributed by atoms with Crippen LogP contribution in [0, 0.1) is 11.3 Å². The van der Waals surface area contributed by atoms with Crippen molar-refractivity contribution in [2.45, 2.75) is 12.8 Å². The summed E-state index contributed by atoms with van der Waals surface area (Å²) >= 11 is 11.5. The first kappa shape index (κ1) is 11.2. The molecule has 0 N–H and O–H groups in total. The zero-order valence-electron chi connectivity index (χ0n) is 7.46. The molecule has 0 aliphatic carbocycles. The van der Waals surface area contributed by atoms with Crippen LogP contribution in [0.5, 0.6) is 5.75 Å². The third-order valence-electron chi connectivity index (χ3n) is 1.54.